The molecule has 0 spiro atoms. The summed E-state index contributed by atoms with van der Waals surface area (Å²) in [6, 6.07) is 13.4. The smallest absolute Gasteiger partial charge is 0.248 e. The van der Waals surface area contributed by atoms with Crippen LogP contribution in [-0.2, 0) is 9.53 Å². The van der Waals surface area contributed by atoms with E-state index in [1.807, 2.05) is 56.3 Å². The van der Waals surface area contributed by atoms with E-state index in [4.69, 9.17) is 14.2 Å². The molecule has 1 amide bonds. The summed E-state index contributed by atoms with van der Waals surface area (Å²) in [6.07, 6.45) is 3.32. The molecule has 2 aromatic carbocycles. The standard InChI is InChI=1S/C23H28N2O4/c1-17(2)29-21-10-4-18(16-22(21)27-3)5-11-23(26)24-19-6-8-20(9-7-19)25-12-14-28-15-13-25/h4-11,16-17H,12-15H2,1-3H3,(H,24,26)/b11-5+. The minimum atomic E-state index is -0.189. The van der Waals surface area contributed by atoms with Crippen molar-refractivity contribution in [1.29, 1.82) is 0 Å². The fraction of sp³-hybridized carbons (Fsp3) is 0.348. The van der Waals surface area contributed by atoms with Gasteiger partial charge >= 0.3 is 0 Å². The lowest BCUT2D eigenvalue weighted by atomic mass is 10.2. The van der Waals surface area contributed by atoms with Crippen molar-refractivity contribution in [2.45, 2.75) is 20.0 Å². The number of rotatable bonds is 7. The molecule has 0 bridgehead atoms. The van der Waals surface area contributed by atoms with Gasteiger partial charge in [-0.2, -0.15) is 0 Å². The van der Waals surface area contributed by atoms with Gasteiger partial charge in [-0.25, -0.2) is 0 Å². The molecular formula is C23H28N2O4. The Morgan fingerprint density at radius 3 is 2.48 bits per heavy atom. The molecule has 1 saturated heterocycles. The van der Waals surface area contributed by atoms with Crippen molar-refractivity contribution >= 4 is 23.4 Å². The van der Waals surface area contributed by atoms with E-state index in [9.17, 15) is 4.79 Å². The molecule has 0 unspecified atom stereocenters. The van der Waals surface area contributed by atoms with Crippen LogP contribution < -0.4 is 19.7 Å². The molecule has 0 saturated carbocycles. The average molecular weight is 396 g/mol. The normalized spacial score (nSPS) is 14.3. The van der Waals surface area contributed by atoms with E-state index >= 15 is 0 Å². The quantitative estimate of drug-likeness (QED) is 0.718. The predicted octanol–water partition coefficient (Wildman–Crippen LogP) is 3.97. The van der Waals surface area contributed by atoms with Gasteiger partial charge in [-0.1, -0.05) is 6.07 Å². The molecule has 0 radical (unpaired) electrons. The van der Waals surface area contributed by atoms with Crippen molar-refractivity contribution < 1.29 is 19.0 Å². The highest BCUT2D eigenvalue weighted by Crippen LogP contribution is 2.29. The number of carbonyl (C=O) groups is 1. The van der Waals surface area contributed by atoms with Gasteiger partial charge in [0, 0.05) is 30.5 Å². The number of morpholine rings is 1. The molecule has 6 nitrogen and oxygen atoms in total. The lowest BCUT2D eigenvalue weighted by Crippen LogP contribution is -2.36. The van der Waals surface area contributed by atoms with Crippen LogP contribution in [0.4, 0.5) is 11.4 Å². The van der Waals surface area contributed by atoms with Crippen LogP contribution in [0.25, 0.3) is 6.08 Å². The molecule has 0 atom stereocenters. The SMILES string of the molecule is COc1cc(/C=C/C(=O)Nc2ccc(N3CCOCC3)cc2)ccc1OC(C)C. The Hall–Kier alpha value is -2.99. The molecule has 154 valence electrons. The first kappa shape index (κ1) is 20.7. The van der Waals surface area contributed by atoms with Crippen molar-refractivity contribution in [3.05, 3.63) is 54.1 Å². The van der Waals surface area contributed by atoms with Crippen LogP contribution in [0.5, 0.6) is 11.5 Å². The second-order valence-electron chi connectivity index (χ2n) is 7.05. The van der Waals surface area contributed by atoms with Crippen LogP contribution in [-0.4, -0.2) is 45.4 Å². The third-order valence-electron chi connectivity index (χ3n) is 4.49. The number of carbonyl (C=O) groups excluding carboxylic acids is 1. The maximum Gasteiger partial charge on any atom is 0.248 e. The molecule has 1 aliphatic heterocycles. The van der Waals surface area contributed by atoms with E-state index in [2.05, 4.69) is 10.2 Å². The molecule has 0 aromatic heterocycles. The maximum atomic E-state index is 12.3. The molecule has 3 rings (SSSR count). The van der Waals surface area contributed by atoms with Gasteiger partial charge in [0.05, 0.1) is 26.4 Å². The highest BCUT2D eigenvalue weighted by atomic mass is 16.5. The zero-order valence-corrected chi connectivity index (χ0v) is 17.2. The Labute approximate surface area is 172 Å². The monoisotopic (exact) mass is 396 g/mol. The van der Waals surface area contributed by atoms with Crippen molar-refractivity contribution in [2.24, 2.45) is 0 Å². The predicted molar refractivity (Wildman–Crippen MR) is 116 cm³/mol. The summed E-state index contributed by atoms with van der Waals surface area (Å²) in [4.78, 5) is 14.5. The van der Waals surface area contributed by atoms with E-state index in [1.54, 1.807) is 13.2 Å². The lowest BCUT2D eigenvalue weighted by molar-refractivity contribution is -0.111. The molecular weight excluding hydrogens is 368 g/mol. The minimum absolute atomic E-state index is 0.0608. The number of anilines is 2. The van der Waals surface area contributed by atoms with Crippen LogP contribution in [0.1, 0.15) is 19.4 Å². The molecule has 29 heavy (non-hydrogen) atoms. The number of ether oxygens (including phenoxy) is 3. The summed E-state index contributed by atoms with van der Waals surface area (Å²) >= 11 is 0. The molecule has 0 aliphatic carbocycles. The summed E-state index contributed by atoms with van der Waals surface area (Å²) in [5, 5.41) is 2.88. The summed E-state index contributed by atoms with van der Waals surface area (Å²) in [6.45, 7) is 7.20. The van der Waals surface area contributed by atoms with Gasteiger partial charge in [0.25, 0.3) is 0 Å². The molecule has 1 N–H and O–H groups in total. The largest absolute Gasteiger partial charge is 0.493 e. The van der Waals surface area contributed by atoms with Crippen LogP contribution in [0.15, 0.2) is 48.5 Å². The van der Waals surface area contributed by atoms with Crippen LogP contribution >= 0.6 is 0 Å². The number of benzene rings is 2. The summed E-state index contributed by atoms with van der Waals surface area (Å²) < 4.78 is 16.5. The Morgan fingerprint density at radius 2 is 1.83 bits per heavy atom. The third kappa shape index (κ3) is 5.99. The van der Waals surface area contributed by atoms with E-state index < -0.39 is 0 Å². The first-order valence-electron chi connectivity index (χ1n) is 9.81. The van der Waals surface area contributed by atoms with E-state index in [0.717, 1.165) is 43.2 Å². The van der Waals surface area contributed by atoms with Gasteiger partial charge in [0.15, 0.2) is 11.5 Å². The first-order valence-corrected chi connectivity index (χ1v) is 9.81. The van der Waals surface area contributed by atoms with Crippen molar-refractivity contribution in [1.82, 2.24) is 0 Å². The molecule has 6 heteroatoms. The van der Waals surface area contributed by atoms with Crippen LogP contribution in [0.3, 0.4) is 0 Å². The van der Waals surface area contributed by atoms with Gasteiger partial charge in [0.1, 0.15) is 0 Å². The Bertz CT molecular complexity index is 840. The van der Waals surface area contributed by atoms with E-state index in [0.29, 0.717) is 11.5 Å². The van der Waals surface area contributed by atoms with Crippen molar-refractivity contribution in [3.63, 3.8) is 0 Å². The minimum Gasteiger partial charge on any atom is -0.493 e. The average Bonchev–Trinajstić information content (AvgIpc) is 2.74. The van der Waals surface area contributed by atoms with E-state index in [1.165, 1.54) is 6.08 Å². The molecule has 1 aliphatic rings. The van der Waals surface area contributed by atoms with Gasteiger partial charge in [-0.15, -0.1) is 0 Å². The second-order valence-corrected chi connectivity index (χ2v) is 7.05. The fourth-order valence-corrected chi connectivity index (χ4v) is 3.07. The molecule has 1 fully saturated rings. The zero-order valence-electron chi connectivity index (χ0n) is 17.2. The lowest BCUT2D eigenvalue weighted by Gasteiger charge is -2.28. The number of nitrogens with one attached hydrogen (secondary N) is 1. The topological polar surface area (TPSA) is 60.0 Å². The van der Waals surface area contributed by atoms with Gasteiger partial charge in [-0.05, 0) is 61.9 Å². The molecule has 2 aromatic rings. The first-order chi connectivity index (χ1) is 14.0. The zero-order chi connectivity index (χ0) is 20.6. The van der Waals surface area contributed by atoms with Gasteiger partial charge in [-0.3, -0.25) is 4.79 Å². The summed E-state index contributed by atoms with van der Waals surface area (Å²) in [5.41, 5.74) is 2.75. The summed E-state index contributed by atoms with van der Waals surface area (Å²) in [7, 11) is 1.60. The molecule has 1 heterocycles. The highest BCUT2D eigenvalue weighted by Gasteiger charge is 2.11. The van der Waals surface area contributed by atoms with Gasteiger partial charge in [0.2, 0.25) is 5.91 Å². The van der Waals surface area contributed by atoms with Crippen LogP contribution in [0.2, 0.25) is 0 Å². The number of methoxy groups -OCH3 is 1. The Morgan fingerprint density at radius 1 is 1.10 bits per heavy atom. The Balaban J connectivity index is 1.59. The highest BCUT2D eigenvalue weighted by molar-refractivity contribution is 6.02. The fourth-order valence-electron chi connectivity index (χ4n) is 3.07. The van der Waals surface area contributed by atoms with Crippen LogP contribution in [0, 0.1) is 0 Å². The van der Waals surface area contributed by atoms with E-state index in [-0.39, 0.29) is 12.0 Å². The van der Waals surface area contributed by atoms with Crippen molar-refractivity contribution in [3.8, 4) is 11.5 Å². The Kier molecular flexibility index (Phi) is 7.14. The third-order valence-corrected chi connectivity index (χ3v) is 4.49. The van der Waals surface area contributed by atoms with Gasteiger partial charge < -0.3 is 24.4 Å². The number of hydrogen-bond acceptors (Lipinski definition) is 5. The van der Waals surface area contributed by atoms with Crippen molar-refractivity contribution in [2.75, 3.05) is 43.6 Å². The second kappa shape index (κ2) is 9.98. The maximum absolute atomic E-state index is 12.3. The number of amides is 1. The summed E-state index contributed by atoms with van der Waals surface area (Å²) in [5.74, 6) is 1.13. The number of hydrogen-bond donors (Lipinski definition) is 1. The number of nitrogens with zero attached hydrogens (tertiary/aromatic N) is 1.